The summed E-state index contributed by atoms with van der Waals surface area (Å²) in [6, 6.07) is -0.892. The van der Waals surface area contributed by atoms with Crippen LogP contribution < -0.4 is 5.32 Å². The molecule has 0 radical (unpaired) electrons. The van der Waals surface area contributed by atoms with Crippen molar-refractivity contribution in [3.63, 3.8) is 0 Å². The van der Waals surface area contributed by atoms with E-state index in [1.807, 2.05) is 0 Å². The van der Waals surface area contributed by atoms with Crippen LogP contribution in [-0.2, 0) is 38.0 Å². The molecule has 3 aliphatic rings. The summed E-state index contributed by atoms with van der Waals surface area (Å²) >= 11 is 0. The van der Waals surface area contributed by atoms with Gasteiger partial charge in [-0.3, -0.25) is 4.79 Å². The minimum absolute atomic E-state index is 0.168. The number of carbonyl (C=O) groups is 2. The Morgan fingerprint density at radius 2 is 0.827 bits per heavy atom. The predicted octanol–water partition coefficient (Wildman–Crippen LogP) is 7.37. The van der Waals surface area contributed by atoms with Gasteiger partial charge in [0.15, 0.2) is 25.2 Å². The van der Waals surface area contributed by atoms with E-state index in [9.17, 15) is 60.7 Å². The van der Waals surface area contributed by atoms with Crippen molar-refractivity contribution in [3.05, 3.63) is 0 Å². The summed E-state index contributed by atoms with van der Waals surface area (Å²) in [6.45, 7) is 2.53. The van der Waals surface area contributed by atoms with E-state index in [2.05, 4.69) is 19.2 Å². The molecule has 11 N–H and O–H groups in total. The number of aldehydes is 1. The van der Waals surface area contributed by atoms with Gasteiger partial charge < -0.3 is 89.6 Å². The zero-order valence-electron chi connectivity index (χ0n) is 50.1. The van der Waals surface area contributed by atoms with E-state index >= 15 is 0 Å². The van der Waals surface area contributed by atoms with Crippen molar-refractivity contribution in [2.45, 2.75) is 362 Å². The number of rotatable bonds is 50. The van der Waals surface area contributed by atoms with E-state index in [1.54, 1.807) is 0 Å². The van der Waals surface area contributed by atoms with Crippen LogP contribution in [0.4, 0.5) is 0 Å². The van der Waals surface area contributed by atoms with E-state index in [4.69, 9.17) is 28.4 Å². The highest BCUT2D eigenvalue weighted by atomic mass is 16.8. The summed E-state index contributed by atoms with van der Waals surface area (Å²) in [4.78, 5) is 24.9. The number of nitrogens with one attached hydrogen (secondary N) is 1. The largest absolute Gasteiger partial charge is 0.394 e. The molecule has 19 nitrogen and oxygen atoms in total. The monoisotopic (exact) mass is 1160 g/mol. The second kappa shape index (κ2) is 45.8. The maximum Gasteiger partial charge on any atom is 0.220 e. The van der Waals surface area contributed by atoms with E-state index in [0.717, 1.165) is 44.9 Å². The van der Waals surface area contributed by atoms with Crippen molar-refractivity contribution in [2.24, 2.45) is 0 Å². The number of aliphatic hydroxyl groups excluding tert-OH is 10. The number of hydrogen-bond acceptors (Lipinski definition) is 18. The van der Waals surface area contributed by atoms with Crippen molar-refractivity contribution in [2.75, 3.05) is 19.8 Å². The molecule has 3 rings (SSSR count). The van der Waals surface area contributed by atoms with Gasteiger partial charge in [-0.15, -0.1) is 0 Å². The van der Waals surface area contributed by atoms with Crippen LogP contribution in [0.1, 0.15) is 258 Å². The Morgan fingerprint density at radius 1 is 0.444 bits per heavy atom. The summed E-state index contributed by atoms with van der Waals surface area (Å²) in [7, 11) is 0. The summed E-state index contributed by atoms with van der Waals surface area (Å²) < 4.78 is 34.2. The zero-order chi connectivity index (χ0) is 59.0. The van der Waals surface area contributed by atoms with Crippen LogP contribution in [0, 0.1) is 0 Å². The minimum Gasteiger partial charge on any atom is -0.394 e. The predicted molar refractivity (Wildman–Crippen MR) is 309 cm³/mol. The smallest absolute Gasteiger partial charge is 0.220 e. The Hall–Kier alpha value is -1.50. The topological polar surface area (TPSA) is 304 Å². The van der Waals surface area contributed by atoms with Gasteiger partial charge >= 0.3 is 0 Å². The second-order valence-electron chi connectivity index (χ2n) is 23.8. The van der Waals surface area contributed by atoms with Crippen LogP contribution in [0.3, 0.4) is 0 Å². The van der Waals surface area contributed by atoms with E-state index in [1.165, 1.54) is 180 Å². The molecule has 19 heteroatoms. The Bertz CT molecular complexity index is 1520. The molecular formula is C62H117NO18. The van der Waals surface area contributed by atoms with Crippen LogP contribution in [0.2, 0.25) is 0 Å². The molecule has 0 bridgehead atoms. The standard InChI is InChI=1S/C62H117NO18/c1-3-5-7-9-11-13-15-17-18-19-20-21-22-23-24-25-26-28-30-32-34-36-38-40-50(68)63-45(46(67)39-37-35-33-31-29-27-16-14-12-10-8-6-4-2)44-76-60-56(74)54(72)58(49(43-66)79-60)80-62-57(75)59(52(70)48(42-65)78-62)81-61-55(73)53(71)51(69)47(41-64)77-61/h41,45-49,51-62,65-67,69-75H,3-40,42-44H2,1-2H3,(H,63,68)/t45-,46+,47+,48+,49+,51-,52-,53-,54+,55+,56+,57+,58+,59-,60+,61+,62-/m0/s1. The highest BCUT2D eigenvalue weighted by molar-refractivity contribution is 5.76. The molecular weight excluding hydrogens is 1050 g/mol. The molecule has 3 aliphatic heterocycles. The quantitative estimate of drug-likeness (QED) is 0.0209. The van der Waals surface area contributed by atoms with Crippen LogP contribution in [0.5, 0.6) is 0 Å². The van der Waals surface area contributed by atoms with Crippen LogP contribution in [-0.4, -0.2) is 187 Å². The Balaban J connectivity index is 1.45. The number of amides is 1. The lowest BCUT2D eigenvalue weighted by molar-refractivity contribution is -0.378. The van der Waals surface area contributed by atoms with Gasteiger partial charge in [-0.25, -0.2) is 0 Å². The molecule has 0 unspecified atom stereocenters. The Morgan fingerprint density at radius 3 is 1.26 bits per heavy atom. The SMILES string of the molecule is CCCCCCCCCCCCCCCCCCCCCCCCCC(=O)N[C@@H](CO[C@@H]1O[C@H](CO)[C@@H](O[C@@H]2O[C@H](CO)[C@H](O)[C@H](O[C@H]3O[C@H](C=O)[C@H](O)[C@H](O)[C@H]3O)[C@H]2O)[C@H](O)[C@H]1O)[C@H](O)CCCCCCCCCCCCCCC. The van der Waals surface area contributed by atoms with Gasteiger partial charge in [-0.05, 0) is 12.8 Å². The van der Waals surface area contributed by atoms with E-state index in [-0.39, 0.29) is 25.2 Å². The lowest BCUT2D eigenvalue weighted by Gasteiger charge is -2.48. The van der Waals surface area contributed by atoms with Crippen LogP contribution in [0.15, 0.2) is 0 Å². The third kappa shape index (κ3) is 29.2. The molecule has 0 aliphatic carbocycles. The molecule has 1 amide bonds. The molecule has 478 valence electrons. The highest BCUT2D eigenvalue weighted by Crippen LogP contribution is 2.33. The molecule has 81 heavy (non-hydrogen) atoms. The van der Waals surface area contributed by atoms with Gasteiger partial charge in [0.05, 0.1) is 32.0 Å². The Kier molecular flexibility index (Phi) is 41.7. The molecule has 3 heterocycles. The fraction of sp³-hybridized carbons (Fsp3) is 0.968. The summed E-state index contributed by atoms with van der Waals surface area (Å²) in [5, 5.41) is 111. The second-order valence-corrected chi connectivity index (χ2v) is 23.8. The summed E-state index contributed by atoms with van der Waals surface area (Å²) in [5.41, 5.74) is 0. The lowest BCUT2D eigenvalue weighted by atomic mass is 9.96. The molecule has 0 spiro atoms. The third-order valence-electron chi connectivity index (χ3n) is 16.8. The summed E-state index contributed by atoms with van der Waals surface area (Å²) in [5.74, 6) is -0.245. The van der Waals surface area contributed by atoms with E-state index in [0.29, 0.717) is 12.8 Å². The molecule has 0 aromatic rings. The maximum atomic E-state index is 13.4. The molecule has 3 saturated heterocycles. The first-order valence-electron chi connectivity index (χ1n) is 32.6. The van der Waals surface area contributed by atoms with E-state index < -0.39 is 117 Å². The first-order valence-corrected chi connectivity index (χ1v) is 32.6. The van der Waals surface area contributed by atoms with Gasteiger partial charge in [-0.2, -0.15) is 0 Å². The molecule has 0 aromatic carbocycles. The molecule has 0 saturated carbocycles. The number of hydrogen-bond donors (Lipinski definition) is 11. The average Bonchev–Trinajstić information content (AvgIpc) is 3.47. The van der Waals surface area contributed by atoms with Crippen molar-refractivity contribution < 1.29 is 89.1 Å². The average molecular weight is 1160 g/mol. The molecule has 3 fully saturated rings. The fourth-order valence-corrected chi connectivity index (χ4v) is 11.5. The minimum atomic E-state index is -1.99. The van der Waals surface area contributed by atoms with Gasteiger partial charge in [0.25, 0.3) is 0 Å². The van der Waals surface area contributed by atoms with Gasteiger partial charge in [-0.1, -0.05) is 239 Å². The summed E-state index contributed by atoms with van der Waals surface area (Å²) in [6.07, 6.45) is 18.1. The number of ether oxygens (including phenoxy) is 6. The van der Waals surface area contributed by atoms with Gasteiger partial charge in [0.2, 0.25) is 5.91 Å². The molecule has 17 atom stereocenters. The van der Waals surface area contributed by atoms with Gasteiger partial charge in [0, 0.05) is 6.42 Å². The van der Waals surface area contributed by atoms with Crippen LogP contribution in [0.25, 0.3) is 0 Å². The lowest BCUT2D eigenvalue weighted by Crippen LogP contribution is -2.66. The number of carbonyl (C=O) groups excluding carboxylic acids is 2. The van der Waals surface area contributed by atoms with Crippen molar-refractivity contribution in [1.29, 1.82) is 0 Å². The van der Waals surface area contributed by atoms with Crippen LogP contribution >= 0.6 is 0 Å². The van der Waals surface area contributed by atoms with Crippen molar-refractivity contribution in [1.82, 2.24) is 5.32 Å². The number of aliphatic hydroxyl groups is 10. The Labute approximate surface area is 486 Å². The highest BCUT2D eigenvalue weighted by Gasteiger charge is 2.54. The number of unbranched alkanes of at least 4 members (excludes halogenated alkanes) is 34. The zero-order valence-corrected chi connectivity index (χ0v) is 50.1. The van der Waals surface area contributed by atoms with Gasteiger partial charge in [0.1, 0.15) is 73.2 Å². The first kappa shape index (κ1) is 73.8. The molecule has 0 aromatic heterocycles. The maximum absolute atomic E-state index is 13.4. The first-order chi connectivity index (χ1) is 39.3. The van der Waals surface area contributed by atoms with Crippen molar-refractivity contribution >= 4 is 12.2 Å². The third-order valence-corrected chi connectivity index (χ3v) is 16.8. The normalized spacial score (nSPS) is 29.7. The van der Waals surface area contributed by atoms with Crippen molar-refractivity contribution in [3.8, 4) is 0 Å². The fourth-order valence-electron chi connectivity index (χ4n) is 11.5.